The molecule has 0 radical (unpaired) electrons. The van der Waals surface area contributed by atoms with Crippen LogP contribution in [0.4, 0.5) is 33.1 Å². The number of nitrogen functional groups attached to an aromatic ring is 1. The van der Waals surface area contributed by atoms with Gasteiger partial charge in [0.25, 0.3) is 0 Å². The highest BCUT2D eigenvalue weighted by Gasteiger charge is 2.21. The maximum atomic E-state index is 13.2. The van der Waals surface area contributed by atoms with E-state index in [2.05, 4.69) is 45.0 Å². The Labute approximate surface area is 170 Å². The third-order valence-corrected chi connectivity index (χ3v) is 5.49. The molecule has 0 aliphatic carbocycles. The molecule has 2 aromatic carbocycles. The van der Waals surface area contributed by atoms with E-state index in [1.54, 1.807) is 6.33 Å². The molecule has 1 aromatic heterocycles. The standard InChI is InChI=1S/C22H25FN6/c1-15-4-3-5-19(16(15)2)27-21-20(24)22(26-14-25-21)29-12-10-28(11-13-29)18-8-6-17(23)7-9-18/h3-9,14H,10-13,24H2,1-2H3,(H,25,26,27). The molecule has 0 amide bonds. The van der Waals surface area contributed by atoms with Crippen molar-refractivity contribution in [2.45, 2.75) is 13.8 Å². The second-order valence-corrected chi connectivity index (χ2v) is 7.28. The summed E-state index contributed by atoms with van der Waals surface area (Å²) in [5, 5.41) is 3.35. The SMILES string of the molecule is Cc1cccc(Nc2ncnc(N3CCN(c4ccc(F)cc4)CC3)c2N)c1C. The second-order valence-electron chi connectivity index (χ2n) is 7.28. The number of aryl methyl sites for hydroxylation is 1. The Hall–Kier alpha value is -3.35. The quantitative estimate of drug-likeness (QED) is 0.702. The molecular weight excluding hydrogens is 367 g/mol. The van der Waals surface area contributed by atoms with E-state index in [0.717, 1.165) is 43.4 Å². The maximum absolute atomic E-state index is 13.2. The maximum Gasteiger partial charge on any atom is 0.159 e. The Morgan fingerprint density at radius 1 is 0.931 bits per heavy atom. The van der Waals surface area contributed by atoms with Crippen LogP contribution in [0.25, 0.3) is 0 Å². The molecule has 1 fully saturated rings. The van der Waals surface area contributed by atoms with Crippen LogP contribution in [-0.4, -0.2) is 36.1 Å². The molecule has 7 heteroatoms. The van der Waals surface area contributed by atoms with Gasteiger partial charge in [0.05, 0.1) is 0 Å². The van der Waals surface area contributed by atoms with Gasteiger partial charge in [-0.1, -0.05) is 12.1 Å². The monoisotopic (exact) mass is 392 g/mol. The van der Waals surface area contributed by atoms with Gasteiger partial charge in [0.2, 0.25) is 0 Å². The predicted octanol–water partition coefficient (Wildman–Crippen LogP) is 3.88. The van der Waals surface area contributed by atoms with Gasteiger partial charge in [0.15, 0.2) is 11.6 Å². The highest BCUT2D eigenvalue weighted by molar-refractivity contribution is 5.79. The lowest BCUT2D eigenvalue weighted by Gasteiger charge is -2.37. The Kier molecular flexibility index (Phi) is 5.20. The zero-order valence-electron chi connectivity index (χ0n) is 16.7. The van der Waals surface area contributed by atoms with Crippen molar-refractivity contribution in [1.82, 2.24) is 9.97 Å². The van der Waals surface area contributed by atoms with Crippen molar-refractivity contribution in [2.24, 2.45) is 0 Å². The lowest BCUT2D eigenvalue weighted by Crippen LogP contribution is -2.47. The lowest BCUT2D eigenvalue weighted by molar-refractivity contribution is 0.624. The zero-order chi connectivity index (χ0) is 20.4. The molecule has 4 rings (SSSR count). The summed E-state index contributed by atoms with van der Waals surface area (Å²) in [7, 11) is 0. The summed E-state index contributed by atoms with van der Waals surface area (Å²) >= 11 is 0. The van der Waals surface area contributed by atoms with Crippen molar-refractivity contribution in [2.75, 3.05) is 47.0 Å². The van der Waals surface area contributed by atoms with Crippen molar-refractivity contribution < 1.29 is 4.39 Å². The highest BCUT2D eigenvalue weighted by Crippen LogP contribution is 2.31. The molecule has 6 nitrogen and oxygen atoms in total. The van der Waals surface area contributed by atoms with E-state index in [0.29, 0.717) is 11.5 Å². The summed E-state index contributed by atoms with van der Waals surface area (Å²) in [6, 6.07) is 12.7. The third-order valence-electron chi connectivity index (χ3n) is 5.49. The van der Waals surface area contributed by atoms with Crippen LogP contribution in [0.1, 0.15) is 11.1 Å². The lowest BCUT2D eigenvalue weighted by atomic mass is 10.1. The first-order valence-electron chi connectivity index (χ1n) is 9.72. The molecule has 1 aliphatic rings. The number of nitrogens with two attached hydrogens (primary N) is 1. The van der Waals surface area contributed by atoms with Crippen LogP contribution < -0.4 is 20.9 Å². The molecule has 3 aromatic rings. The zero-order valence-corrected chi connectivity index (χ0v) is 16.7. The van der Waals surface area contributed by atoms with Crippen LogP contribution in [0.2, 0.25) is 0 Å². The molecule has 1 saturated heterocycles. The van der Waals surface area contributed by atoms with Crippen LogP contribution >= 0.6 is 0 Å². The van der Waals surface area contributed by atoms with E-state index in [4.69, 9.17) is 5.73 Å². The van der Waals surface area contributed by atoms with Crippen LogP contribution in [-0.2, 0) is 0 Å². The molecule has 29 heavy (non-hydrogen) atoms. The first-order chi connectivity index (χ1) is 14.0. The van der Waals surface area contributed by atoms with Gasteiger partial charge in [-0.2, -0.15) is 0 Å². The number of hydrogen-bond acceptors (Lipinski definition) is 6. The smallest absolute Gasteiger partial charge is 0.159 e. The largest absolute Gasteiger partial charge is 0.393 e. The van der Waals surface area contributed by atoms with E-state index >= 15 is 0 Å². The van der Waals surface area contributed by atoms with E-state index in [1.165, 1.54) is 23.3 Å². The average Bonchev–Trinajstić information content (AvgIpc) is 2.74. The number of aromatic nitrogens is 2. The van der Waals surface area contributed by atoms with E-state index in [9.17, 15) is 4.39 Å². The number of benzene rings is 2. The molecule has 1 aliphatic heterocycles. The minimum absolute atomic E-state index is 0.218. The molecule has 0 bridgehead atoms. The van der Waals surface area contributed by atoms with Crippen molar-refractivity contribution >= 4 is 28.7 Å². The van der Waals surface area contributed by atoms with Gasteiger partial charge in [-0.15, -0.1) is 0 Å². The Bertz CT molecular complexity index is 997. The van der Waals surface area contributed by atoms with Gasteiger partial charge < -0.3 is 20.9 Å². The summed E-state index contributed by atoms with van der Waals surface area (Å²) in [6.07, 6.45) is 1.55. The topological polar surface area (TPSA) is 70.3 Å². The van der Waals surface area contributed by atoms with Crippen molar-refractivity contribution in [3.63, 3.8) is 0 Å². The van der Waals surface area contributed by atoms with Gasteiger partial charge in [0.1, 0.15) is 17.8 Å². The molecule has 2 heterocycles. The molecular formula is C22H25FN6. The normalized spacial score (nSPS) is 14.2. The number of rotatable bonds is 4. The van der Waals surface area contributed by atoms with Crippen molar-refractivity contribution in [3.05, 3.63) is 65.7 Å². The fourth-order valence-corrected chi connectivity index (χ4v) is 3.58. The van der Waals surface area contributed by atoms with E-state index in [1.807, 2.05) is 24.3 Å². The third kappa shape index (κ3) is 3.94. The van der Waals surface area contributed by atoms with Gasteiger partial charge >= 0.3 is 0 Å². The van der Waals surface area contributed by atoms with Crippen LogP contribution in [0.15, 0.2) is 48.8 Å². The van der Waals surface area contributed by atoms with E-state index < -0.39 is 0 Å². The van der Waals surface area contributed by atoms with Gasteiger partial charge in [0, 0.05) is 37.6 Å². The highest BCUT2D eigenvalue weighted by atomic mass is 19.1. The molecule has 0 atom stereocenters. The Morgan fingerprint density at radius 2 is 1.62 bits per heavy atom. The van der Waals surface area contributed by atoms with Gasteiger partial charge in [-0.25, -0.2) is 14.4 Å². The first-order valence-corrected chi connectivity index (χ1v) is 9.72. The average molecular weight is 392 g/mol. The molecule has 3 N–H and O–H groups in total. The summed E-state index contributed by atoms with van der Waals surface area (Å²) < 4.78 is 13.2. The fourth-order valence-electron chi connectivity index (χ4n) is 3.58. The Morgan fingerprint density at radius 3 is 2.34 bits per heavy atom. The van der Waals surface area contributed by atoms with Gasteiger partial charge in [-0.05, 0) is 55.3 Å². The molecule has 0 saturated carbocycles. The van der Waals surface area contributed by atoms with Gasteiger partial charge in [-0.3, -0.25) is 0 Å². The summed E-state index contributed by atoms with van der Waals surface area (Å²) in [5.74, 6) is 1.14. The predicted molar refractivity (Wildman–Crippen MR) is 116 cm³/mol. The number of halogens is 1. The molecule has 0 spiro atoms. The minimum Gasteiger partial charge on any atom is -0.393 e. The first kappa shape index (κ1) is 19.0. The fraction of sp³-hybridized carbons (Fsp3) is 0.273. The second kappa shape index (κ2) is 7.95. The minimum atomic E-state index is -0.218. The van der Waals surface area contributed by atoms with Crippen molar-refractivity contribution in [1.29, 1.82) is 0 Å². The number of nitrogens with zero attached hydrogens (tertiary/aromatic N) is 4. The molecule has 0 unspecified atom stereocenters. The van der Waals surface area contributed by atoms with Crippen LogP contribution in [0.3, 0.4) is 0 Å². The number of hydrogen-bond donors (Lipinski definition) is 2. The number of piperazine rings is 1. The number of anilines is 5. The summed E-state index contributed by atoms with van der Waals surface area (Å²) in [4.78, 5) is 13.2. The van der Waals surface area contributed by atoms with Crippen LogP contribution in [0, 0.1) is 19.7 Å². The molecule has 150 valence electrons. The van der Waals surface area contributed by atoms with E-state index in [-0.39, 0.29) is 5.82 Å². The summed E-state index contributed by atoms with van der Waals surface area (Å²) in [6.45, 7) is 7.34. The summed E-state index contributed by atoms with van der Waals surface area (Å²) in [5.41, 5.74) is 11.4. The van der Waals surface area contributed by atoms with Crippen LogP contribution in [0.5, 0.6) is 0 Å². The Balaban J connectivity index is 1.49. The van der Waals surface area contributed by atoms with Crippen molar-refractivity contribution in [3.8, 4) is 0 Å². The number of nitrogens with one attached hydrogen (secondary N) is 1.